The van der Waals surface area contributed by atoms with Gasteiger partial charge < -0.3 is 10.6 Å². The van der Waals surface area contributed by atoms with Crippen LogP contribution >= 0.6 is 0 Å². The molecule has 0 saturated carbocycles. The molecule has 114 valence electrons. The lowest BCUT2D eigenvalue weighted by Crippen LogP contribution is -2.41. The highest BCUT2D eigenvalue weighted by molar-refractivity contribution is 6.00. The number of amides is 2. The average molecular weight is 304 g/mol. The Bertz CT molecular complexity index is 690. The van der Waals surface area contributed by atoms with Crippen molar-refractivity contribution in [1.29, 1.82) is 0 Å². The molecule has 0 radical (unpaired) electrons. The van der Waals surface area contributed by atoms with Crippen molar-refractivity contribution in [2.45, 2.75) is 13.0 Å². The van der Waals surface area contributed by atoms with E-state index >= 15 is 0 Å². The van der Waals surface area contributed by atoms with Gasteiger partial charge in [-0.2, -0.15) is 0 Å². The summed E-state index contributed by atoms with van der Waals surface area (Å²) >= 11 is 0. The summed E-state index contributed by atoms with van der Waals surface area (Å²) in [5, 5.41) is 4.93. The van der Waals surface area contributed by atoms with Crippen molar-refractivity contribution < 1.29 is 18.4 Å². The first kappa shape index (κ1) is 15.6. The van der Waals surface area contributed by atoms with Crippen molar-refractivity contribution in [1.82, 2.24) is 5.32 Å². The molecule has 2 N–H and O–H groups in total. The number of carbonyl (C=O) groups is 2. The van der Waals surface area contributed by atoms with Gasteiger partial charge in [0.15, 0.2) is 11.6 Å². The summed E-state index contributed by atoms with van der Waals surface area (Å²) in [6.45, 7) is 1.50. The summed E-state index contributed by atoms with van der Waals surface area (Å²) in [5.41, 5.74) is 0.541. The van der Waals surface area contributed by atoms with Gasteiger partial charge in [0.05, 0.1) is 0 Å². The molecule has 0 aliphatic carbocycles. The van der Waals surface area contributed by atoms with Crippen LogP contribution in [0.2, 0.25) is 0 Å². The third kappa shape index (κ3) is 3.88. The largest absolute Gasteiger partial charge is 0.341 e. The zero-order valence-corrected chi connectivity index (χ0v) is 11.8. The molecule has 2 amide bonds. The van der Waals surface area contributed by atoms with E-state index in [1.807, 2.05) is 0 Å². The van der Waals surface area contributed by atoms with Crippen LogP contribution < -0.4 is 10.6 Å². The van der Waals surface area contributed by atoms with Crippen LogP contribution in [-0.4, -0.2) is 17.9 Å². The van der Waals surface area contributed by atoms with Gasteiger partial charge in [-0.1, -0.05) is 18.2 Å². The van der Waals surface area contributed by atoms with Gasteiger partial charge >= 0.3 is 0 Å². The second kappa shape index (κ2) is 6.80. The van der Waals surface area contributed by atoms with Crippen LogP contribution in [0.15, 0.2) is 48.5 Å². The number of benzene rings is 2. The number of anilines is 1. The quantitative estimate of drug-likeness (QED) is 0.912. The predicted molar refractivity (Wildman–Crippen MR) is 78.4 cm³/mol. The lowest BCUT2D eigenvalue weighted by Gasteiger charge is -2.14. The third-order valence-electron chi connectivity index (χ3n) is 2.96. The maximum atomic E-state index is 13.1. The lowest BCUT2D eigenvalue weighted by molar-refractivity contribution is -0.117. The Balaban J connectivity index is 1.97. The fourth-order valence-electron chi connectivity index (χ4n) is 1.76. The van der Waals surface area contributed by atoms with E-state index in [9.17, 15) is 18.4 Å². The van der Waals surface area contributed by atoms with Crippen LogP contribution in [0, 0.1) is 11.6 Å². The first-order valence-electron chi connectivity index (χ1n) is 6.59. The minimum absolute atomic E-state index is 0.115. The molecule has 0 fully saturated rings. The summed E-state index contributed by atoms with van der Waals surface area (Å²) in [4.78, 5) is 23.8. The summed E-state index contributed by atoms with van der Waals surface area (Å²) in [6, 6.07) is 10.6. The Morgan fingerprint density at radius 3 is 2.32 bits per heavy atom. The highest BCUT2D eigenvalue weighted by Crippen LogP contribution is 2.13. The molecule has 0 spiro atoms. The fourth-order valence-corrected chi connectivity index (χ4v) is 1.76. The molecule has 0 aromatic heterocycles. The van der Waals surface area contributed by atoms with Crippen molar-refractivity contribution in [2.24, 2.45) is 0 Å². The Hall–Kier alpha value is -2.76. The van der Waals surface area contributed by atoms with Gasteiger partial charge in [0, 0.05) is 17.3 Å². The van der Waals surface area contributed by atoms with Crippen molar-refractivity contribution in [3.63, 3.8) is 0 Å². The lowest BCUT2D eigenvalue weighted by atomic mass is 10.2. The number of hydrogen-bond acceptors (Lipinski definition) is 2. The Kier molecular flexibility index (Phi) is 4.83. The van der Waals surface area contributed by atoms with E-state index in [1.165, 1.54) is 13.0 Å². The molecular weight excluding hydrogens is 290 g/mol. The fraction of sp³-hybridized carbons (Fsp3) is 0.125. The molecule has 0 aliphatic rings. The number of rotatable bonds is 4. The SMILES string of the molecule is C[C@H](NC(=O)c1ccccc1)C(=O)Nc1ccc(F)c(F)c1. The van der Waals surface area contributed by atoms with Gasteiger partial charge in [0.25, 0.3) is 5.91 Å². The molecule has 2 rings (SSSR count). The number of nitrogens with one attached hydrogen (secondary N) is 2. The second-order valence-corrected chi connectivity index (χ2v) is 4.68. The third-order valence-corrected chi connectivity index (χ3v) is 2.96. The van der Waals surface area contributed by atoms with Crippen molar-refractivity contribution in [3.8, 4) is 0 Å². The van der Waals surface area contributed by atoms with E-state index in [-0.39, 0.29) is 5.69 Å². The molecule has 0 aliphatic heterocycles. The van der Waals surface area contributed by atoms with Crippen LogP contribution in [0.3, 0.4) is 0 Å². The van der Waals surface area contributed by atoms with E-state index in [2.05, 4.69) is 10.6 Å². The van der Waals surface area contributed by atoms with Crippen molar-refractivity contribution >= 4 is 17.5 Å². The number of carbonyl (C=O) groups excluding carboxylic acids is 2. The average Bonchev–Trinajstić information content (AvgIpc) is 2.51. The van der Waals surface area contributed by atoms with Gasteiger partial charge in [-0.3, -0.25) is 9.59 Å². The Morgan fingerprint density at radius 1 is 1.00 bits per heavy atom. The Morgan fingerprint density at radius 2 is 1.68 bits per heavy atom. The van der Waals surface area contributed by atoms with Crippen LogP contribution in [-0.2, 0) is 4.79 Å². The van der Waals surface area contributed by atoms with Gasteiger partial charge in [-0.15, -0.1) is 0 Å². The molecule has 4 nitrogen and oxygen atoms in total. The van der Waals surface area contributed by atoms with E-state index in [1.54, 1.807) is 30.3 Å². The van der Waals surface area contributed by atoms with Crippen LogP contribution in [0.4, 0.5) is 14.5 Å². The molecule has 1 atom stereocenters. The van der Waals surface area contributed by atoms with Crippen LogP contribution in [0.5, 0.6) is 0 Å². The Labute approximate surface area is 126 Å². The zero-order chi connectivity index (χ0) is 16.1. The number of halogens is 2. The van der Waals surface area contributed by atoms with E-state index < -0.39 is 29.5 Å². The van der Waals surface area contributed by atoms with E-state index in [0.29, 0.717) is 5.56 Å². The first-order chi connectivity index (χ1) is 10.5. The highest BCUT2D eigenvalue weighted by Gasteiger charge is 2.17. The first-order valence-corrected chi connectivity index (χ1v) is 6.59. The van der Waals surface area contributed by atoms with Gasteiger partial charge in [0.1, 0.15) is 6.04 Å². The monoisotopic (exact) mass is 304 g/mol. The molecule has 2 aromatic carbocycles. The minimum Gasteiger partial charge on any atom is -0.341 e. The van der Waals surface area contributed by atoms with Crippen molar-refractivity contribution in [3.05, 3.63) is 65.7 Å². The zero-order valence-electron chi connectivity index (χ0n) is 11.8. The molecule has 0 heterocycles. The standard InChI is InChI=1S/C16H14F2N2O2/c1-10(19-16(22)11-5-3-2-4-6-11)15(21)20-12-7-8-13(17)14(18)9-12/h2-10H,1H3,(H,19,22)(H,20,21)/t10-/m0/s1. The maximum absolute atomic E-state index is 13.1. The molecular formula is C16H14F2N2O2. The van der Waals surface area contributed by atoms with Crippen molar-refractivity contribution in [2.75, 3.05) is 5.32 Å². The summed E-state index contributed by atoms with van der Waals surface area (Å²) < 4.78 is 25.9. The minimum atomic E-state index is -1.06. The summed E-state index contributed by atoms with van der Waals surface area (Å²) in [7, 11) is 0. The van der Waals surface area contributed by atoms with Crippen LogP contribution in [0.1, 0.15) is 17.3 Å². The molecule has 22 heavy (non-hydrogen) atoms. The van der Waals surface area contributed by atoms with Crippen LogP contribution in [0.25, 0.3) is 0 Å². The molecule has 0 unspecified atom stereocenters. The highest BCUT2D eigenvalue weighted by atomic mass is 19.2. The smallest absolute Gasteiger partial charge is 0.251 e. The molecule has 0 saturated heterocycles. The molecule has 0 bridgehead atoms. The predicted octanol–water partition coefficient (Wildman–Crippen LogP) is 2.72. The maximum Gasteiger partial charge on any atom is 0.251 e. The topological polar surface area (TPSA) is 58.2 Å². The second-order valence-electron chi connectivity index (χ2n) is 4.68. The van der Waals surface area contributed by atoms with E-state index in [4.69, 9.17) is 0 Å². The molecule has 6 heteroatoms. The van der Waals surface area contributed by atoms with Gasteiger partial charge in [0.2, 0.25) is 5.91 Å². The molecule has 2 aromatic rings. The normalized spacial score (nSPS) is 11.6. The van der Waals surface area contributed by atoms with Gasteiger partial charge in [-0.25, -0.2) is 8.78 Å². The van der Waals surface area contributed by atoms with Gasteiger partial charge in [-0.05, 0) is 31.2 Å². The summed E-state index contributed by atoms with van der Waals surface area (Å²) in [6.07, 6.45) is 0. The van der Waals surface area contributed by atoms with E-state index in [0.717, 1.165) is 12.1 Å². The number of hydrogen-bond donors (Lipinski definition) is 2. The summed E-state index contributed by atoms with van der Waals surface area (Å²) in [5.74, 6) is -2.98.